The summed E-state index contributed by atoms with van der Waals surface area (Å²) in [5.74, 6) is 0. The summed E-state index contributed by atoms with van der Waals surface area (Å²) in [6.45, 7) is 2.44. The highest BCUT2D eigenvalue weighted by atomic mass is 35.5. The number of benzene rings is 1. The second kappa shape index (κ2) is 4.14. The predicted molar refractivity (Wildman–Crippen MR) is 70.6 cm³/mol. The monoisotopic (exact) mass is 266 g/mol. The summed E-state index contributed by atoms with van der Waals surface area (Å²) in [7, 11) is 0. The largest absolute Gasteiger partial charge is 0.465 e. The molecule has 18 heavy (non-hydrogen) atoms. The molecule has 2 N–H and O–H groups in total. The SMILES string of the molecule is O=C(O)N1CC2(CCNCC2)c2ccc(Cl)cc21. The van der Waals surface area contributed by atoms with Crippen LogP contribution in [0.1, 0.15) is 18.4 Å². The van der Waals surface area contributed by atoms with Crippen molar-refractivity contribution in [3.63, 3.8) is 0 Å². The first kappa shape index (κ1) is 11.8. The first-order valence-corrected chi connectivity index (χ1v) is 6.51. The minimum absolute atomic E-state index is 0.0242. The van der Waals surface area contributed by atoms with Crippen LogP contribution < -0.4 is 10.2 Å². The predicted octanol–water partition coefficient (Wildman–Crippen LogP) is 2.46. The molecular weight excluding hydrogens is 252 g/mol. The molecule has 2 aliphatic rings. The topological polar surface area (TPSA) is 52.6 Å². The third-order valence-electron chi connectivity index (χ3n) is 4.07. The van der Waals surface area contributed by atoms with E-state index in [9.17, 15) is 9.90 Å². The van der Waals surface area contributed by atoms with E-state index in [4.69, 9.17) is 11.6 Å². The van der Waals surface area contributed by atoms with Crippen molar-refractivity contribution in [2.24, 2.45) is 0 Å². The number of fused-ring (bicyclic) bond motifs is 2. The van der Waals surface area contributed by atoms with E-state index in [2.05, 4.69) is 5.32 Å². The average molecular weight is 267 g/mol. The van der Waals surface area contributed by atoms with Gasteiger partial charge in [0.1, 0.15) is 0 Å². The van der Waals surface area contributed by atoms with Gasteiger partial charge in [-0.3, -0.25) is 4.90 Å². The van der Waals surface area contributed by atoms with Crippen molar-refractivity contribution >= 4 is 23.4 Å². The van der Waals surface area contributed by atoms with Crippen LogP contribution in [0.5, 0.6) is 0 Å². The fourth-order valence-electron chi connectivity index (χ4n) is 3.15. The Bertz CT molecular complexity index is 498. The Morgan fingerprint density at radius 3 is 2.78 bits per heavy atom. The number of anilines is 1. The molecule has 1 saturated heterocycles. The third-order valence-corrected chi connectivity index (χ3v) is 4.31. The van der Waals surface area contributed by atoms with Crippen molar-refractivity contribution in [2.75, 3.05) is 24.5 Å². The van der Waals surface area contributed by atoms with Crippen molar-refractivity contribution in [2.45, 2.75) is 18.3 Å². The fraction of sp³-hybridized carbons (Fsp3) is 0.462. The molecule has 2 heterocycles. The number of rotatable bonds is 0. The molecule has 1 spiro atoms. The molecule has 0 bridgehead atoms. The van der Waals surface area contributed by atoms with Gasteiger partial charge in [0, 0.05) is 17.0 Å². The maximum absolute atomic E-state index is 11.4. The lowest BCUT2D eigenvalue weighted by atomic mass is 9.75. The number of carboxylic acid groups (broad SMARTS) is 1. The van der Waals surface area contributed by atoms with Gasteiger partial charge in [0.2, 0.25) is 0 Å². The molecule has 0 aliphatic carbocycles. The average Bonchev–Trinajstić information content (AvgIpc) is 2.65. The Kier molecular flexibility index (Phi) is 2.72. The molecule has 0 aromatic heterocycles. The van der Waals surface area contributed by atoms with Gasteiger partial charge in [-0.15, -0.1) is 0 Å². The number of carbonyl (C=O) groups is 1. The smallest absolute Gasteiger partial charge is 0.411 e. The van der Waals surface area contributed by atoms with E-state index in [-0.39, 0.29) is 5.41 Å². The van der Waals surface area contributed by atoms with E-state index < -0.39 is 6.09 Å². The second-order valence-corrected chi connectivity index (χ2v) is 5.50. The Labute approximate surface area is 111 Å². The zero-order chi connectivity index (χ0) is 12.8. The van der Waals surface area contributed by atoms with Crippen molar-refractivity contribution in [1.82, 2.24) is 5.32 Å². The van der Waals surface area contributed by atoms with Crippen LogP contribution in [0, 0.1) is 0 Å². The van der Waals surface area contributed by atoms with Crippen LogP contribution in [0.2, 0.25) is 5.02 Å². The van der Waals surface area contributed by atoms with Crippen molar-refractivity contribution < 1.29 is 9.90 Å². The standard InChI is InChI=1S/C13H15ClN2O2/c14-9-1-2-10-11(7-9)16(12(17)18)8-13(10)3-5-15-6-4-13/h1-2,7,15H,3-6,8H2,(H,17,18). The summed E-state index contributed by atoms with van der Waals surface area (Å²) >= 11 is 5.99. The number of nitrogens with one attached hydrogen (secondary N) is 1. The first-order chi connectivity index (χ1) is 8.62. The first-order valence-electron chi connectivity index (χ1n) is 6.14. The summed E-state index contributed by atoms with van der Waals surface area (Å²) in [6.07, 6.45) is 1.06. The number of halogens is 1. The van der Waals surface area contributed by atoms with E-state index in [1.807, 2.05) is 12.1 Å². The maximum Gasteiger partial charge on any atom is 0.411 e. The van der Waals surface area contributed by atoms with Crippen molar-refractivity contribution in [1.29, 1.82) is 0 Å². The molecule has 5 heteroatoms. The Morgan fingerprint density at radius 1 is 1.39 bits per heavy atom. The van der Waals surface area contributed by atoms with Gasteiger partial charge in [-0.25, -0.2) is 4.79 Å². The molecule has 2 aliphatic heterocycles. The molecule has 4 nitrogen and oxygen atoms in total. The Balaban J connectivity index is 2.10. The maximum atomic E-state index is 11.4. The van der Waals surface area contributed by atoms with Gasteiger partial charge in [-0.05, 0) is 43.6 Å². The van der Waals surface area contributed by atoms with Gasteiger partial charge in [0.15, 0.2) is 0 Å². The summed E-state index contributed by atoms with van der Waals surface area (Å²) in [5.41, 5.74) is 1.87. The number of hydrogen-bond acceptors (Lipinski definition) is 2. The van der Waals surface area contributed by atoms with Crippen LogP contribution in [0.15, 0.2) is 18.2 Å². The van der Waals surface area contributed by atoms with Gasteiger partial charge in [0.25, 0.3) is 0 Å². The lowest BCUT2D eigenvalue weighted by molar-refractivity contribution is 0.199. The minimum atomic E-state index is -0.895. The van der Waals surface area contributed by atoms with Crippen LogP contribution in [0.25, 0.3) is 0 Å². The Morgan fingerprint density at radius 2 is 2.11 bits per heavy atom. The van der Waals surface area contributed by atoms with E-state index >= 15 is 0 Å². The Hall–Kier alpha value is -1.26. The van der Waals surface area contributed by atoms with Crippen LogP contribution in [0.3, 0.4) is 0 Å². The number of amides is 1. The molecule has 3 rings (SSSR count). The molecule has 1 aromatic carbocycles. The summed E-state index contributed by atoms with van der Waals surface area (Å²) in [5, 5.41) is 13.3. The zero-order valence-corrected chi connectivity index (χ0v) is 10.7. The molecule has 0 radical (unpaired) electrons. The van der Waals surface area contributed by atoms with Gasteiger partial charge >= 0.3 is 6.09 Å². The molecule has 0 saturated carbocycles. The lowest BCUT2D eigenvalue weighted by Gasteiger charge is -2.34. The van der Waals surface area contributed by atoms with Gasteiger partial charge < -0.3 is 10.4 Å². The number of piperidine rings is 1. The molecule has 0 atom stereocenters. The minimum Gasteiger partial charge on any atom is -0.465 e. The zero-order valence-electron chi connectivity index (χ0n) is 9.95. The molecule has 1 amide bonds. The molecule has 1 fully saturated rings. The van der Waals surface area contributed by atoms with E-state index in [1.54, 1.807) is 6.07 Å². The van der Waals surface area contributed by atoms with Gasteiger partial charge in [-0.1, -0.05) is 17.7 Å². The highest BCUT2D eigenvalue weighted by Crippen LogP contribution is 2.46. The molecule has 0 unspecified atom stereocenters. The van der Waals surface area contributed by atoms with Crippen LogP contribution in [-0.4, -0.2) is 30.8 Å². The van der Waals surface area contributed by atoms with Crippen molar-refractivity contribution in [3.05, 3.63) is 28.8 Å². The molecule has 96 valence electrons. The second-order valence-electron chi connectivity index (χ2n) is 5.06. The highest BCUT2D eigenvalue weighted by Gasteiger charge is 2.45. The van der Waals surface area contributed by atoms with Crippen molar-refractivity contribution in [3.8, 4) is 0 Å². The highest BCUT2D eigenvalue weighted by molar-refractivity contribution is 6.31. The van der Waals surface area contributed by atoms with Crippen LogP contribution in [0.4, 0.5) is 10.5 Å². The van der Waals surface area contributed by atoms with E-state index in [1.165, 1.54) is 4.90 Å². The normalized spacial score (nSPS) is 21.1. The van der Waals surface area contributed by atoms with Crippen LogP contribution in [-0.2, 0) is 5.41 Å². The third kappa shape index (κ3) is 1.68. The number of hydrogen-bond donors (Lipinski definition) is 2. The summed E-state index contributed by atoms with van der Waals surface area (Å²) in [4.78, 5) is 12.8. The molecular formula is C13H15ClN2O2. The van der Waals surface area contributed by atoms with E-state index in [0.29, 0.717) is 11.6 Å². The summed E-state index contributed by atoms with van der Waals surface area (Å²) in [6, 6.07) is 5.61. The molecule has 1 aromatic rings. The summed E-state index contributed by atoms with van der Waals surface area (Å²) < 4.78 is 0. The van der Waals surface area contributed by atoms with Gasteiger partial charge in [0.05, 0.1) is 5.69 Å². The van der Waals surface area contributed by atoms with Gasteiger partial charge in [-0.2, -0.15) is 0 Å². The van der Waals surface area contributed by atoms with E-state index in [0.717, 1.165) is 37.2 Å². The lowest BCUT2D eigenvalue weighted by Crippen LogP contribution is -2.44. The quantitative estimate of drug-likeness (QED) is 0.758. The number of nitrogens with zero attached hydrogens (tertiary/aromatic N) is 1. The fourth-order valence-corrected chi connectivity index (χ4v) is 3.32. The van der Waals surface area contributed by atoms with Crippen LogP contribution >= 0.6 is 11.6 Å².